The number of hydrogen-bond donors (Lipinski definition) is 0. The molecule has 0 aliphatic heterocycles. The molecule has 0 spiro atoms. The number of esters is 1. The number of ether oxygens (including phenoxy) is 1. The molecule has 1 heterocycles. The Kier molecular flexibility index (Phi) is 3.51. The standard InChI is InChI=1S/C17H14N2O2/c1-13-16(17(20)21-15-10-6-3-7-11-15)12-18-19(13)14-8-4-2-5-9-14/h2-12H,1H3. The molecular weight excluding hydrogens is 264 g/mol. The van der Waals surface area contributed by atoms with Crippen molar-refractivity contribution in [2.75, 3.05) is 0 Å². The zero-order chi connectivity index (χ0) is 14.7. The Hall–Kier alpha value is -2.88. The first-order valence-electron chi connectivity index (χ1n) is 6.63. The Labute approximate surface area is 122 Å². The van der Waals surface area contributed by atoms with Crippen LogP contribution in [-0.4, -0.2) is 15.7 Å². The van der Waals surface area contributed by atoms with Crippen LogP contribution < -0.4 is 4.74 Å². The summed E-state index contributed by atoms with van der Waals surface area (Å²) in [6, 6.07) is 18.7. The molecule has 104 valence electrons. The molecule has 4 nitrogen and oxygen atoms in total. The summed E-state index contributed by atoms with van der Waals surface area (Å²) in [6.07, 6.45) is 1.54. The fraction of sp³-hybridized carbons (Fsp3) is 0.0588. The molecule has 3 rings (SSSR count). The van der Waals surface area contributed by atoms with Crippen molar-refractivity contribution in [1.29, 1.82) is 0 Å². The SMILES string of the molecule is Cc1c(C(=O)Oc2ccccc2)cnn1-c1ccccc1. The first-order chi connectivity index (χ1) is 10.3. The fourth-order valence-corrected chi connectivity index (χ4v) is 2.09. The lowest BCUT2D eigenvalue weighted by atomic mass is 10.2. The van der Waals surface area contributed by atoms with E-state index in [2.05, 4.69) is 5.10 Å². The number of carbonyl (C=O) groups excluding carboxylic acids is 1. The first kappa shape index (κ1) is 13.1. The van der Waals surface area contributed by atoms with Crippen LogP contribution in [0.5, 0.6) is 5.75 Å². The monoisotopic (exact) mass is 278 g/mol. The van der Waals surface area contributed by atoms with Crippen LogP contribution in [-0.2, 0) is 0 Å². The normalized spacial score (nSPS) is 10.3. The predicted octanol–water partition coefficient (Wildman–Crippen LogP) is 3.40. The van der Waals surface area contributed by atoms with Gasteiger partial charge in [0.2, 0.25) is 0 Å². The van der Waals surface area contributed by atoms with E-state index in [4.69, 9.17) is 4.74 Å². The average molecular weight is 278 g/mol. The van der Waals surface area contributed by atoms with E-state index in [1.807, 2.05) is 55.5 Å². The second-order valence-electron chi connectivity index (χ2n) is 4.59. The molecular formula is C17H14N2O2. The topological polar surface area (TPSA) is 44.1 Å². The van der Waals surface area contributed by atoms with Gasteiger partial charge in [0.05, 0.1) is 17.6 Å². The van der Waals surface area contributed by atoms with E-state index in [1.54, 1.807) is 16.8 Å². The quantitative estimate of drug-likeness (QED) is 0.545. The highest BCUT2D eigenvalue weighted by molar-refractivity contribution is 5.92. The molecule has 0 N–H and O–H groups in total. The zero-order valence-electron chi connectivity index (χ0n) is 11.6. The highest BCUT2D eigenvalue weighted by atomic mass is 16.5. The van der Waals surface area contributed by atoms with E-state index < -0.39 is 5.97 Å². The Morgan fingerprint density at radius 1 is 1.00 bits per heavy atom. The minimum absolute atomic E-state index is 0.402. The van der Waals surface area contributed by atoms with Crippen molar-refractivity contribution >= 4 is 5.97 Å². The third-order valence-corrected chi connectivity index (χ3v) is 3.18. The summed E-state index contributed by atoms with van der Waals surface area (Å²) in [5, 5.41) is 4.26. The van der Waals surface area contributed by atoms with Crippen LogP contribution in [0.1, 0.15) is 16.1 Å². The molecule has 0 unspecified atom stereocenters. The van der Waals surface area contributed by atoms with Crippen LogP contribution in [0.3, 0.4) is 0 Å². The van der Waals surface area contributed by atoms with E-state index in [-0.39, 0.29) is 0 Å². The van der Waals surface area contributed by atoms with E-state index in [0.717, 1.165) is 11.4 Å². The van der Waals surface area contributed by atoms with Gasteiger partial charge in [-0.25, -0.2) is 9.48 Å². The van der Waals surface area contributed by atoms with E-state index in [0.29, 0.717) is 11.3 Å². The van der Waals surface area contributed by atoms with Crippen molar-refractivity contribution in [3.8, 4) is 11.4 Å². The Bertz CT molecular complexity index is 749. The van der Waals surface area contributed by atoms with Gasteiger partial charge in [-0.1, -0.05) is 36.4 Å². The third-order valence-electron chi connectivity index (χ3n) is 3.18. The van der Waals surface area contributed by atoms with Crippen molar-refractivity contribution in [1.82, 2.24) is 9.78 Å². The number of rotatable bonds is 3. The maximum absolute atomic E-state index is 12.2. The minimum Gasteiger partial charge on any atom is -0.423 e. The van der Waals surface area contributed by atoms with Gasteiger partial charge >= 0.3 is 5.97 Å². The number of nitrogens with zero attached hydrogens (tertiary/aromatic N) is 2. The molecule has 2 aromatic carbocycles. The van der Waals surface area contributed by atoms with Crippen molar-refractivity contribution in [3.63, 3.8) is 0 Å². The van der Waals surface area contributed by atoms with Gasteiger partial charge in [-0.05, 0) is 31.2 Å². The molecule has 0 atom stereocenters. The molecule has 3 aromatic rings. The zero-order valence-corrected chi connectivity index (χ0v) is 11.6. The lowest BCUT2D eigenvalue weighted by Gasteiger charge is -2.05. The summed E-state index contributed by atoms with van der Waals surface area (Å²) < 4.78 is 7.06. The highest BCUT2D eigenvalue weighted by Crippen LogP contribution is 2.17. The van der Waals surface area contributed by atoms with Crippen molar-refractivity contribution in [3.05, 3.63) is 78.1 Å². The first-order valence-corrected chi connectivity index (χ1v) is 6.63. The lowest BCUT2D eigenvalue weighted by molar-refractivity contribution is 0.0734. The smallest absolute Gasteiger partial charge is 0.347 e. The van der Waals surface area contributed by atoms with Crippen molar-refractivity contribution < 1.29 is 9.53 Å². The number of para-hydroxylation sites is 2. The van der Waals surface area contributed by atoms with Crippen LogP contribution in [0, 0.1) is 6.92 Å². The molecule has 1 aromatic heterocycles. The maximum atomic E-state index is 12.2. The lowest BCUT2D eigenvalue weighted by Crippen LogP contribution is -2.10. The summed E-state index contributed by atoms with van der Waals surface area (Å²) in [4.78, 5) is 12.2. The van der Waals surface area contributed by atoms with Crippen LogP contribution in [0.25, 0.3) is 5.69 Å². The largest absolute Gasteiger partial charge is 0.423 e. The van der Waals surface area contributed by atoms with Crippen LogP contribution >= 0.6 is 0 Å². The molecule has 0 aliphatic rings. The van der Waals surface area contributed by atoms with Crippen LogP contribution in [0.2, 0.25) is 0 Å². The summed E-state index contributed by atoms with van der Waals surface area (Å²) in [5.74, 6) is 0.121. The molecule has 4 heteroatoms. The van der Waals surface area contributed by atoms with Gasteiger partial charge in [0.1, 0.15) is 11.3 Å². The van der Waals surface area contributed by atoms with E-state index >= 15 is 0 Å². The summed E-state index contributed by atoms with van der Waals surface area (Å²) in [5.41, 5.74) is 2.12. The molecule has 0 fully saturated rings. The van der Waals surface area contributed by atoms with Gasteiger partial charge in [-0.3, -0.25) is 0 Å². The fourth-order valence-electron chi connectivity index (χ4n) is 2.09. The highest BCUT2D eigenvalue weighted by Gasteiger charge is 2.16. The maximum Gasteiger partial charge on any atom is 0.347 e. The summed E-state index contributed by atoms with van der Waals surface area (Å²) in [6.45, 7) is 1.85. The second-order valence-corrected chi connectivity index (χ2v) is 4.59. The average Bonchev–Trinajstić information content (AvgIpc) is 2.91. The minimum atomic E-state index is -0.402. The Morgan fingerprint density at radius 3 is 2.29 bits per heavy atom. The molecule has 0 amide bonds. The van der Waals surface area contributed by atoms with Gasteiger partial charge in [-0.15, -0.1) is 0 Å². The Morgan fingerprint density at radius 2 is 1.62 bits per heavy atom. The number of carbonyl (C=O) groups is 1. The van der Waals surface area contributed by atoms with E-state index in [1.165, 1.54) is 6.20 Å². The van der Waals surface area contributed by atoms with Gasteiger partial charge in [0.15, 0.2) is 0 Å². The van der Waals surface area contributed by atoms with Crippen molar-refractivity contribution in [2.45, 2.75) is 6.92 Å². The molecule has 21 heavy (non-hydrogen) atoms. The molecule has 0 radical (unpaired) electrons. The van der Waals surface area contributed by atoms with E-state index in [9.17, 15) is 4.79 Å². The third kappa shape index (κ3) is 2.69. The molecule has 0 aliphatic carbocycles. The molecule has 0 saturated heterocycles. The summed E-state index contributed by atoms with van der Waals surface area (Å²) in [7, 11) is 0. The summed E-state index contributed by atoms with van der Waals surface area (Å²) >= 11 is 0. The molecule has 0 saturated carbocycles. The van der Waals surface area contributed by atoms with Crippen LogP contribution in [0.15, 0.2) is 66.9 Å². The van der Waals surface area contributed by atoms with Gasteiger partial charge in [0, 0.05) is 0 Å². The van der Waals surface area contributed by atoms with Crippen LogP contribution in [0.4, 0.5) is 0 Å². The molecule has 0 bridgehead atoms. The predicted molar refractivity (Wildman–Crippen MR) is 79.7 cm³/mol. The Balaban J connectivity index is 1.87. The van der Waals surface area contributed by atoms with Gasteiger partial charge in [-0.2, -0.15) is 5.10 Å². The second kappa shape index (κ2) is 5.63. The number of aromatic nitrogens is 2. The number of benzene rings is 2. The van der Waals surface area contributed by atoms with Gasteiger partial charge < -0.3 is 4.74 Å². The van der Waals surface area contributed by atoms with Gasteiger partial charge in [0.25, 0.3) is 0 Å². The number of hydrogen-bond acceptors (Lipinski definition) is 3. The van der Waals surface area contributed by atoms with Crippen molar-refractivity contribution in [2.24, 2.45) is 0 Å².